The lowest BCUT2D eigenvalue weighted by Gasteiger charge is -2.41. The number of rotatable bonds is 4. The lowest BCUT2D eigenvalue weighted by Crippen LogP contribution is -2.59. The van der Waals surface area contributed by atoms with Gasteiger partial charge in [0.2, 0.25) is 0 Å². The monoisotopic (exact) mass is 244 g/mol. The molecule has 0 spiro atoms. The van der Waals surface area contributed by atoms with Gasteiger partial charge in [0.1, 0.15) is 5.54 Å². The number of carbonyl (C=O) groups excluding carboxylic acids is 1. The average molecular weight is 244 g/mol. The van der Waals surface area contributed by atoms with Gasteiger partial charge in [-0.05, 0) is 20.3 Å². The van der Waals surface area contributed by atoms with Gasteiger partial charge in [-0.1, -0.05) is 6.92 Å². The van der Waals surface area contributed by atoms with Gasteiger partial charge in [0.25, 0.3) is 0 Å². The summed E-state index contributed by atoms with van der Waals surface area (Å²) in [6.45, 7) is 7.88. The molecule has 5 nitrogen and oxygen atoms in total. The highest BCUT2D eigenvalue weighted by molar-refractivity contribution is 5.80. The molecule has 1 saturated heterocycles. The van der Waals surface area contributed by atoms with Crippen LogP contribution in [0.3, 0.4) is 0 Å². The molecule has 3 atom stereocenters. The summed E-state index contributed by atoms with van der Waals surface area (Å²) in [6.07, 6.45) is 1.18. The van der Waals surface area contributed by atoms with Gasteiger partial charge in [0.05, 0.1) is 19.8 Å². The van der Waals surface area contributed by atoms with Crippen LogP contribution in [-0.2, 0) is 14.3 Å². The molecule has 5 heteroatoms. The minimum atomic E-state index is -0.959. The number of carbonyl (C=O) groups is 1. The molecule has 1 heterocycles. The molecule has 1 fully saturated rings. The molecule has 1 rings (SSSR count). The number of nitrogens with zero attached hydrogens (tertiary/aromatic N) is 1. The average Bonchev–Trinajstić information content (AvgIpc) is 2.27. The highest BCUT2D eigenvalue weighted by Crippen LogP contribution is 2.17. The Labute approximate surface area is 103 Å². The van der Waals surface area contributed by atoms with E-state index in [4.69, 9.17) is 15.2 Å². The van der Waals surface area contributed by atoms with Crippen LogP contribution in [0.5, 0.6) is 0 Å². The van der Waals surface area contributed by atoms with Crippen molar-refractivity contribution in [2.75, 3.05) is 26.8 Å². The number of ether oxygens (including phenoxy) is 2. The van der Waals surface area contributed by atoms with E-state index in [1.165, 1.54) is 7.11 Å². The summed E-state index contributed by atoms with van der Waals surface area (Å²) >= 11 is 0. The van der Waals surface area contributed by atoms with E-state index in [9.17, 15) is 4.79 Å². The fourth-order valence-electron chi connectivity index (χ4n) is 2.20. The topological polar surface area (TPSA) is 64.8 Å². The highest BCUT2D eigenvalue weighted by Gasteiger charge is 2.36. The van der Waals surface area contributed by atoms with Crippen LogP contribution in [0.15, 0.2) is 0 Å². The molecule has 17 heavy (non-hydrogen) atoms. The van der Waals surface area contributed by atoms with Crippen LogP contribution in [-0.4, -0.2) is 55.4 Å². The van der Waals surface area contributed by atoms with Crippen LogP contribution >= 0.6 is 0 Å². The fourth-order valence-corrected chi connectivity index (χ4v) is 2.20. The Balaban J connectivity index is 2.66. The van der Waals surface area contributed by atoms with Crippen molar-refractivity contribution in [2.45, 2.75) is 44.9 Å². The molecule has 0 aromatic carbocycles. The second kappa shape index (κ2) is 5.80. The van der Waals surface area contributed by atoms with Crippen LogP contribution in [0.4, 0.5) is 0 Å². The zero-order chi connectivity index (χ0) is 13.1. The van der Waals surface area contributed by atoms with Gasteiger partial charge in [-0.2, -0.15) is 0 Å². The molecular formula is C12H24N2O3. The molecule has 0 bridgehead atoms. The maximum Gasteiger partial charge on any atom is 0.326 e. The first-order chi connectivity index (χ1) is 7.90. The highest BCUT2D eigenvalue weighted by atomic mass is 16.5. The SMILES string of the molecule is CCC1COC(C)CN1CC(C)(N)C(=O)OC. The van der Waals surface area contributed by atoms with Crippen LogP contribution in [0, 0.1) is 0 Å². The predicted molar refractivity (Wildman–Crippen MR) is 65.7 cm³/mol. The van der Waals surface area contributed by atoms with E-state index in [-0.39, 0.29) is 12.1 Å². The third-order valence-electron chi connectivity index (χ3n) is 3.24. The van der Waals surface area contributed by atoms with Gasteiger partial charge in [0, 0.05) is 19.1 Å². The van der Waals surface area contributed by atoms with Gasteiger partial charge < -0.3 is 15.2 Å². The van der Waals surface area contributed by atoms with E-state index in [0.29, 0.717) is 19.2 Å². The molecule has 0 aliphatic carbocycles. The van der Waals surface area contributed by atoms with Gasteiger partial charge in [-0.3, -0.25) is 9.69 Å². The Bertz CT molecular complexity index is 268. The number of esters is 1. The molecule has 1 aliphatic rings. The molecular weight excluding hydrogens is 220 g/mol. The Morgan fingerprint density at radius 3 is 2.82 bits per heavy atom. The zero-order valence-corrected chi connectivity index (χ0v) is 11.2. The number of hydrogen-bond donors (Lipinski definition) is 1. The number of morpholine rings is 1. The smallest absolute Gasteiger partial charge is 0.326 e. The fraction of sp³-hybridized carbons (Fsp3) is 0.917. The number of nitrogens with two attached hydrogens (primary N) is 1. The van der Waals surface area contributed by atoms with E-state index < -0.39 is 5.54 Å². The van der Waals surface area contributed by atoms with Crippen molar-refractivity contribution in [3.05, 3.63) is 0 Å². The third kappa shape index (κ3) is 3.66. The Morgan fingerprint density at radius 1 is 1.65 bits per heavy atom. The molecule has 0 radical (unpaired) electrons. The summed E-state index contributed by atoms with van der Waals surface area (Å²) in [4.78, 5) is 13.8. The lowest BCUT2D eigenvalue weighted by atomic mass is 10.0. The quantitative estimate of drug-likeness (QED) is 0.724. The van der Waals surface area contributed by atoms with Crippen molar-refractivity contribution in [1.29, 1.82) is 0 Å². The first-order valence-corrected chi connectivity index (χ1v) is 6.13. The third-order valence-corrected chi connectivity index (χ3v) is 3.24. The van der Waals surface area contributed by atoms with E-state index in [2.05, 4.69) is 11.8 Å². The van der Waals surface area contributed by atoms with E-state index in [1.54, 1.807) is 6.92 Å². The van der Waals surface area contributed by atoms with E-state index in [1.807, 2.05) is 6.92 Å². The van der Waals surface area contributed by atoms with Gasteiger partial charge in [0.15, 0.2) is 0 Å². The maximum atomic E-state index is 11.6. The normalized spacial score (nSPS) is 29.7. The van der Waals surface area contributed by atoms with Crippen molar-refractivity contribution in [1.82, 2.24) is 4.90 Å². The summed E-state index contributed by atoms with van der Waals surface area (Å²) < 4.78 is 10.3. The van der Waals surface area contributed by atoms with Gasteiger partial charge in [-0.15, -0.1) is 0 Å². The molecule has 0 aromatic rings. The molecule has 2 N–H and O–H groups in total. The van der Waals surface area contributed by atoms with Crippen LogP contribution < -0.4 is 5.73 Å². The number of methoxy groups -OCH3 is 1. The molecule has 100 valence electrons. The van der Waals surface area contributed by atoms with Crippen molar-refractivity contribution < 1.29 is 14.3 Å². The lowest BCUT2D eigenvalue weighted by molar-refractivity contribution is -0.148. The van der Waals surface area contributed by atoms with Crippen LogP contribution in [0.1, 0.15) is 27.2 Å². The minimum absolute atomic E-state index is 0.186. The molecule has 3 unspecified atom stereocenters. The first-order valence-electron chi connectivity index (χ1n) is 6.13. The Hall–Kier alpha value is -0.650. The Kier molecular flexibility index (Phi) is 4.91. The molecule has 1 aliphatic heterocycles. The maximum absolute atomic E-state index is 11.6. The molecule has 0 saturated carbocycles. The van der Waals surface area contributed by atoms with Crippen molar-refractivity contribution >= 4 is 5.97 Å². The minimum Gasteiger partial charge on any atom is -0.468 e. The summed E-state index contributed by atoms with van der Waals surface area (Å²) in [5, 5.41) is 0. The van der Waals surface area contributed by atoms with Crippen molar-refractivity contribution in [3.8, 4) is 0 Å². The summed E-state index contributed by atoms with van der Waals surface area (Å²) in [5.41, 5.74) is 5.05. The van der Waals surface area contributed by atoms with Crippen LogP contribution in [0.25, 0.3) is 0 Å². The standard InChI is InChI=1S/C12H24N2O3/c1-5-10-7-17-9(2)6-14(10)8-12(3,13)11(15)16-4/h9-10H,5-8,13H2,1-4H3. The van der Waals surface area contributed by atoms with Crippen LogP contribution in [0.2, 0.25) is 0 Å². The predicted octanol–water partition coefficient (Wildman–Crippen LogP) is 0.376. The van der Waals surface area contributed by atoms with Gasteiger partial charge in [-0.25, -0.2) is 0 Å². The van der Waals surface area contributed by atoms with E-state index in [0.717, 1.165) is 13.0 Å². The summed E-state index contributed by atoms with van der Waals surface area (Å²) in [7, 11) is 1.37. The number of hydrogen-bond acceptors (Lipinski definition) is 5. The Morgan fingerprint density at radius 2 is 2.29 bits per heavy atom. The van der Waals surface area contributed by atoms with E-state index >= 15 is 0 Å². The second-order valence-corrected chi connectivity index (χ2v) is 5.04. The van der Waals surface area contributed by atoms with Gasteiger partial charge >= 0.3 is 5.97 Å². The van der Waals surface area contributed by atoms with Crippen molar-refractivity contribution in [3.63, 3.8) is 0 Å². The largest absolute Gasteiger partial charge is 0.468 e. The molecule has 0 aromatic heterocycles. The summed E-state index contributed by atoms with van der Waals surface area (Å²) in [5.74, 6) is -0.369. The zero-order valence-electron chi connectivity index (χ0n) is 11.2. The summed E-state index contributed by atoms with van der Waals surface area (Å²) in [6, 6.07) is 0.332. The van der Waals surface area contributed by atoms with Crippen molar-refractivity contribution in [2.24, 2.45) is 5.73 Å². The second-order valence-electron chi connectivity index (χ2n) is 5.04. The first kappa shape index (κ1) is 14.4. The molecule has 0 amide bonds.